The Hall–Kier alpha value is -0.650. The standard InChI is InChI=1S/C11H15Cl2FN4/c12-9-6-15-11(13)17-10(9)16-8-2-1-4-18(7-8)5-3-14/h6,8H,1-5,7H2,(H,15,16,17). The molecule has 1 saturated heterocycles. The van der Waals surface area contributed by atoms with Crippen LogP contribution in [0.3, 0.4) is 0 Å². The highest BCUT2D eigenvalue weighted by Crippen LogP contribution is 2.22. The molecule has 0 aromatic carbocycles. The summed E-state index contributed by atoms with van der Waals surface area (Å²) in [5.41, 5.74) is 0. The van der Waals surface area contributed by atoms with Gasteiger partial charge in [0.25, 0.3) is 0 Å². The van der Waals surface area contributed by atoms with Gasteiger partial charge in [0.05, 0.1) is 6.20 Å². The van der Waals surface area contributed by atoms with Crippen molar-refractivity contribution in [1.29, 1.82) is 0 Å². The predicted molar refractivity (Wildman–Crippen MR) is 71.1 cm³/mol. The number of rotatable bonds is 4. The number of hydrogen-bond acceptors (Lipinski definition) is 4. The molecule has 1 unspecified atom stereocenters. The fourth-order valence-corrected chi connectivity index (χ4v) is 2.42. The van der Waals surface area contributed by atoms with Crippen LogP contribution in [0.2, 0.25) is 10.3 Å². The maximum absolute atomic E-state index is 12.3. The van der Waals surface area contributed by atoms with Crippen molar-refractivity contribution in [3.8, 4) is 0 Å². The molecule has 1 atom stereocenters. The number of nitrogens with zero attached hydrogens (tertiary/aromatic N) is 3. The van der Waals surface area contributed by atoms with Crippen molar-refractivity contribution in [2.75, 3.05) is 31.6 Å². The van der Waals surface area contributed by atoms with Crippen LogP contribution in [-0.2, 0) is 0 Å². The third kappa shape index (κ3) is 3.67. The lowest BCUT2D eigenvalue weighted by atomic mass is 10.1. The summed E-state index contributed by atoms with van der Waals surface area (Å²) in [6.45, 7) is 1.91. The molecule has 1 fully saturated rings. The van der Waals surface area contributed by atoms with Gasteiger partial charge in [-0.05, 0) is 31.0 Å². The molecule has 2 rings (SSSR count). The molecular formula is C11H15Cl2FN4. The van der Waals surface area contributed by atoms with Crippen LogP contribution in [0.1, 0.15) is 12.8 Å². The quantitative estimate of drug-likeness (QED) is 0.866. The first kappa shape index (κ1) is 13.8. The van der Waals surface area contributed by atoms with Crippen molar-refractivity contribution in [2.45, 2.75) is 18.9 Å². The normalized spacial score (nSPS) is 20.9. The Kier molecular flexibility index (Phi) is 4.97. The number of alkyl halides is 1. The van der Waals surface area contributed by atoms with E-state index < -0.39 is 0 Å². The van der Waals surface area contributed by atoms with E-state index in [0.29, 0.717) is 17.4 Å². The van der Waals surface area contributed by atoms with Crippen molar-refractivity contribution in [3.05, 3.63) is 16.5 Å². The number of hydrogen-bond donors (Lipinski definition) is 1. The van der Waals surface area contributed by atoms with Crippen LogP contribution < -0.4 is 5.32 Å². The molecule has 0 spiro atoms. The molecule has 0 amide bonds. The molecule has 2 heterocycles. The first-order valence-corrected chi connectivity index (χ1v) is 6.67. The Morgan fingerprint density at radius 3 is 3.11 bits per heavy atom. The third-order valence-corrected chi connectivity index (χ3v) is 3.42. The first-order chi connectivity index (χ1) is 8.69. The van der Waals surface area contributed by atoms with Crippen molar-refractivity contribution < 1.29 is 4.39 Å². The lowest BCUT2D eigenvalue weighted by molar-refractivity contribution is 0.200. The van der Waals surface area contributed by atoms with Crippen LogP contribution in [0.15, 0.2) is 6.20 Å². The number of aromatic nitrogens is 2. The van der Waals surface area contributed by atoms with Crippen LogP contribution in [0.25, 0.3) is 0 Å². The molecule has 18 heavy (non-hydrogen) atoms. The Morgan fingerprint density at radius 1 is 1.50 bits per heavy atom. The Labute approximate surface area is 116 Å². The van der Waals surface area contributed by atoms with Gasteiger partial charge in [0, 0.05) is 19.1 Å². The Bertz CT molecular complexity index is 403. The zero-order chi connectivity index (χ0) is 13.0. The van der Waals surface area contributed by atoms with Crippen LogP contribution in [-0.4, -0.2) is 47.2 Å². The average molecular weight is 293 g/mol. The van der Waals surface area contributed by atoms with Crippen LogP contribution in [0.5, 0.6) is 0 Å². The summed E-state index contributed by atoms with van der Waals surface area (Å²) < 4.78 is 12.3. The summed E-state index contributed by atoms with van der Waals surface area (Å²) in [6.07, 6.45) is 3.52. The van der Waals surface area contributed by atoms with Gasteiger partial charge in [-0.25, -0.2) is 9.37 Å². The van der Waals surface area contributed by atoms with Gasteiger partial charge < -0.3 is 5.32 Å². The summed E-state index contributed by atoms with van der Waals surface area (Å²) in [6, 6.07) is 0.216. The minimum absolute atomic E-state index is 0.165. The van der Waals surface area contributed by atoms with Gasteiger partial charge in [0.15, 0.2) is 0 Å². The molecule has 1 aliphatic heterocycles. The fraction of sp³-hybridized carbons (Fsp3) is 0.636. The lowest BCUT2D eigenvalue weighted by Crippen LogP contribution is -2.43. The predicted octanol–water partition coefficient (Wildman–Crippen LogP) is 2.63. The molecule has 0 bridgehead atoms. The molecule has 4 nitrogen and oxygen atoms in total. The highest BCUT2D eigenvalue weighted by molar-refractivity contribution is 6.33. The maximum Gasteiger partial charge on any atom is 0.224 e. The van der Waals surface area contributed by atoms with Crippen LogP contribution >= 0.6 is 23.2 Å². The zero-order valence-corrected chi connectivity index (χ0v) is 11.4. The van der Waals surface area contributed by atoms with Gasteiger partial charge in [-0.2, -0.15) is 4.98 Å². The minimum Gasteiger partial charge on any atom is -0.365 e. The van der Waals surface area contributed by atoms with Crippen LogP contribution in [0, 0.1) is 0 Å². The van der Waals surface area contributed by atoms with Gasteiger partial charge in [-0.3, -0.25) is 4.90 Å². The van der Waals surface area contributed by atoms with Crippen molar-refractivity contribution in [2.24, 2.45) is 0 Å². The monoisotopic (exact) mass is 292 g/mol. The largest absolute Gasteiger partial charge is 0.365 e. The van der Waals surface area contributed by atoms with E-state index in [-0.39, 0.29) is 18.0 Å². The number of likely N-dealkylation sites (tertiary alicyclic amines) is 1. The summed E-state index contributed by atoms with van der Waals surface area (Å²) >= 11 is 11.7. The van der Waals surface area contributed by atoms with Crippen LogP contribution in [0.4, 0.5) is 10.2 Å². The fourth-order valence-electron chi connectivity index (χ4n) is 2.14. The molecule has 100 valence electrons. The topological polar surface area (TPSA) is 41.0 Å². The van der Waals surface area contributed by atoms with E-state index in [1.54, 1.807) is 0 Å². The van der Waals surface area contributed by atoms with E-state index in [4.69, 9.17) is 23.2 Å². The second-order valence-corrected chi connectivity index (χ2v) is 5.05. The van der Waals surface area contributed by atoms with Gasteiger partial charge in [0.1, 0.15) is 17.5 Å². The van der Waals surface area contributed by atoms with Gasteiger partial charge in [0.2, 0.25) is 5.28 Å². The molecule has 0 saturated carbocycles. The second-order valence-electron chi connectivity index (χ2n) is 4.31. The Morgan fingerprint density at radius 2 is 2.33 bits per heavy atom. The van der Waals surface area contributed by atoms with Gasteiger partial charge >= 0.3 is 0 Å². The summed E-state index contributed by atoms with van der Waals surface area (Å²) in [5, 5.41) is 3.86. The highest BCUT2D eigenvalue weighted by Gasteiger charge is 2.20. The molecule has 1 N–H and O–H groups in total. The minimum atomic E-state index is -0.313. The lowest BCUT2D eigenvalue weighted by Gasteiger charge is -2.32. The summed E-state index contributed by atoms with van der Waals surface area (Å²) in [4.78, 5) is 9.95. The molecule has 7 heteroatoms. The molecule has 1 aromatic heterocycles. The van der Waals surface area contributed by atoms with E-state index in [2.05, 4.69) is 20.2 Å². The van der Waals surface area contributed by atoms with E-state index in [1.807, 2.05) is 0 Å². The molecule has 0 radical (unpaired) electrons. The van der Waals surface area contributed by atoms with E-state index in [9.17, 15) is 4.39 Å². The average Bonchev–Trinajstić information content (AvgIpc) is 2.35. The highest BCUT2D eigenvalue weighted by atomic mass is 35.5. The van der Waals surface area contributed by atoms with Crippen molar-refractivity contribution >= 4 is 29.0 Å². The number of halogens is 3. The van der Waals surface area contributed by atoms with Crippen molar-refractivity contribution in [3.63, 3.8) is 0 Å². The van der Waals surface area contributed by atoms with Gasteiger partial charge in [-0.1, -0.05) is 11.6 Å². The molecule has 1 aliphatic rings. The number of anilines is 1. The molecule has 1 aromatic rings. The SMILES string of the molecule is FCCN1CCCC(Nc2nc(Cl)ncc2Cl)C1. The molecular weight excluding hydrogens is 278 g/mol. The number of piperidine rings is 1. The Balaban J connectivity index is 1.98. The zero-order valence-electron chi connectivity index (χ0n) is 9.87. The summed E-state index contributed by atoms with van der Waals surface area (Å²) in [7, 11) is 0. The first-order valence-electron chi connectivity index (χ1n) is 5.92. The number of nitrogens with one attached hydrogen (secondary N) is 1. The third-order valence-electron chi connectivity index (χ3n) is 2.96. The van der Waals surface area contributed by atoms with E-state index in [1.165, 1.54) is 6.20 Å². The van der Waals surface area contributed by atoms with Crippen molar-refractivity contribution in [1.82, 2.24) is 14.9 Å². The molecule has 0 aliphatic carbocycles. The maximum atomic E-state index is 12.3. The van der Waals surface area contributed by atoms with E-state index >= 15 is 0 Å². The summed E-state index contributed by atoms with van der Waals surface area (Å²) in [5.74, 6) is 0.545. The van der Waals surface area contributed by atoms with Gasteiger partial charge in [-0.15, -0.1) is 0 Å². The second kappa shape index (κ2) is 6.50. The van der Waals surface area contributed by atoms with E-state index in [0.717, 1.165) is 25.9 Å². The smallest absolute Gasteiger partial charge is 0.224 e.